The molecule has 0 unspecified atom stereocenters. The van der Waals surface area contributed by atoms with Crippen LogP contribution in [0.2, 0.25) is 0 Å². The first-order chi connectivity index (χ1) is 2.00. The maximum atomic E-state index is 8.49. The number of halogens is 1. The van der Waals surface area contributed by atoms with Gasteiger partial charge >= 0.3 is 0 Å². The van der Waals surface area contributed by atoms with Gasteiger partial charge in [-0.05, 0) is 0 Å². The van der Waals surface area contributed by atoms with E-state index in [0.717, 1.165) is 0 Å². The summed E-state index contributed by atoms with van der Waals surface area (Å²) in [7, 11) is -4.94. The Balaban J connectivity index is -0.0000000267. The van der Waals surface area contributed by atoms with Crippen molar-refractivity contribution in [3.8, 4) is 0 Å². The first-order valence-electron chi connectivity index (χ1n) is 0.617. The molecule has 56 valence electrons. The van der Waals surface area contributed by atoms with Gasteiger partial charge in [-0.15, -0.1) is 10.2 Å². The molecule has 0 aromatic rings. The van der Waals surface area contributed by atoms with Crippen LogP contribution in [0.25, 0.3) is 0 Å². The minimum absolute atomic E-state index is 0. The summed E-state index contributed by atoms with van der Waals surface area (Å²) in [6.45, 7) is 0. The van der Waals surface area contributed by atoms with Crippen molar-refractivity contribution in [2.24, 2.45) is 0 Å². The van der Waals surface area contributed by atoms with Gasteiger partial charge < -0.3 is 16.4 Å². The quantitative estimate of drug-likeness (QED) is 0.334. The summed E-state index contributed by atoms with van der Waals surface area (Å²) in [5.41, 5.74) is 0. The molecule has 0 heterocycles. The molecule has 0 amide bonds. The van der Waals surface area contributed by atoms with Crippen molar-refractivity contribution >= 4 is 0 Å². The third-order valence-corrected chi connectivity index (χ3v) is 0. The number of rotatable bonds is 0. The van der Waals surface area contributed by atoms with E-state index in [1.165, 1.54) is 0 Å². The van der Waals surface area contributed by atoms with Gasteiger partial charge in [0, 0.05) is 0 Å². The van der Waals surface area contributed by atoms with Crippen LogP contribution < -0.4 is 18.6 Å². The summed E-state index contributed by atoms with van der Waals surface area (Å²) in [6, 6.07) is 0. The monoisotopic (exact) mass is 153 g/mol. The zero-order valence-electron chi connectivity index (χ0n) is 3.51. The van der Waals surface area contributed by atoms with E-state index in [0.29, 0.717) is 0 Å². The van der Waals surface area contributed by atoms with Crippen LogP contribution in [0, 0.1) is 10.2 Å². The molecule has 8 heavy (non-hydrogen) atoms. The number of hydrogen-bond acceptors (Lipinski definition) is 4. The smallest absolute Gasteiger partial charge is 0.112 e. The molecule has 0 aromatic carbocycles. The van der Waals surface area contributed by atoms with Gasteiger partial charge in [-0.25, -0.2) is 18.6 Å². The molecule has 0 rings (SSSR count). The summed E-state index contributed by atoms with van der Waals surface area (Å²) < 4.78 is 34.0. The maximum Gasteiger partial charge on any atom is -0.112 e. The normalized spacial score (nSPS) is 7.50. The Bertz CT molecular complexity index is 19.9. The van der Waals surface area contributed by atoms with Crippen molar-refractivity contribution in [3.63, 3.8) is 0 Å². The Labute approximate surface area is 46.5 Å². The highest BCUT2D eigenvalue weighted by Gasteiger charge is 1.84. The molecule has 0 spiro atoms. The highest BCUT2D eigenvalue weighted by Crippen LogP contribution is 1.49. The van der Waals surface area contributed by atoms with Crippen LogP contribution in [-0.4, -0.2) is 16.4 Å². The average Bonchev–Trinajstić information content (AvgIpc) is 0.722. The zero-order valence-corrected chi connectivity index (χ0v) is 4.27. The highest BCUT2D eigenvalue weighted by molar-refractivity contribution is 2.00. The van der Waals surface area contributed by atoms with Gasteiger partial charge in [0.15, 0.2) is 0 Å². The van der Waals surface area contributed by atoms with Gasteiger partial charge in [0.05, 0.1) is 0 Å². The third-order valence-electron chi connectivity index (χ3n) is 0. The maximum absolute atomic E-state index is 8.49. The van der Waals surface area contributed by atoms with Crippen LogP contribution in [-0.2, 0) is 0 Å². The largest absolute Gasteiger partial charge is 0.412 e. The Hall–Kier alpha value is 0.01000. The fourth-order valence-electron chi connectivity index (χ4n) is 0. The van der Waals surface area contributed by atoms with Crippen molar-refractivity contribution in [1.82, 2.24) is 0 Å². The second-order valence-electron chi connectivity index (χ2n) is 0.378. The fraction of sp³-hybridized carbons (Fsp3) is 0. The topological polar surface area (TPSA) is 187 Å². The van der Waals surface area contributed by atoms with Crippen molar-refractivity contribution in [3.05, 3.63) is 0 Å². The molecule has 0 aliphatic carbocycles. The highest BCUT2D eigenvalue weighted by atomic mass is 35.7. The average molecular weight is 153 g/mol. The van der Waals surface area contributed by atoms with Crippen molar-refractivity contribution < 1.29 is 45.3 Å². The second kappa shape index (κ2) is 7.01. The van der Waals surface area contributed by atoms with E-state index in [2.05, 4.69) is 0 Å². The van der Waals surface area contributed by atoms with Crippen LogP contribution in [0.4, 0.5) is 0 Å². The third kappa shape index (κ3) is 1510000. The summed E-state index contributed by atoms with van der Waals surface area (Å²) in [5.74, 6) is 0. The van der Waals surface area contributed by atoms with Gasteiger partial charge in [0.1, 0.15) is 0 Å². The van der Waals surface area contributed by atoms with E-state index in [1.54, 1.807) is 0 Å². The van der Waals surface area contributed by atoms with E-state index in [-0.39, 0.29) is 16.4 Å². The van der Waals surface area contributed by atoms with Gasteiger partial charge in [-0.2, -0.15) is 0 Å². The molecule has 0 fully saturated rings. The summed E-state index contributed by atoms with van der Waals surface area (Å²) in [5, 5.41) is 0. The summed E-state index contributed by atoms with van der Waals surface area (Å²) in [4.78, 5) is 0. The molecule has 0 saturated carbocycles. The van der Waals surface area contributed by atoms with Crippen molar-refractivity contribution in [2.75, 3.05) is 0 Å². The lowest BCUT2D eigenvalue weighted by Gasteiger charge is -2.17. The Kier molecular flexibility index (Phi) is 21.4. The lowest BCUT2D eigenvalue weighted by atomic mass is 15.8. The van der Waals surface area contributed by atoms with Gasteiger partial charge in [-0.3, -0.25) is 0 Å². The molecule has 6 N–H and O–H groups in total. The molecule has 0 atom stereocenters. The summed E-state index contributed by atoms with van der Waals surface area (Å²) in [6.07, 6.45) is 0. The molecule has 8 heteroatoms. The van der Waals surface area contributed by atoms with Gasteiger partial charge in [-0.1, -0.05) is 0 Å². The van der Waals surface area contributed by atoms with E-state index < -0.39 is 10.2 Å². The van der Waals surface area contributed by atoms with Crippen LogP contribution in [0.5, 0.6) is 0 Å². The molecule has 0 bridgehead atoms. The number of hydrogen-bond donors (Lipinski definition) is 0. The fourth-order valence-corrected chi connectivity index (χ4v) is 0. The minimum Gasteiger partial charge on any atom is -0.412 e. The molecule has 7 nitrogen and oxygen atoms in total. The minimum atomic E-state index is -4.94. The molecule has 0 aliphatic rings. The van der Waals surface area contributed by atoms with Gasteiger partial charge in [0.25, 0.3) is 0 Å². The predicted octanol–water partition coefficient (Wildman–Crippen LogP) is -7.23. The first kappa shape index (κ1) is 24.5. The van der Waals surface area contributed by atoms with Crippen LogP contribution >= 0.6 is 0 Å². The van der Waals surface area contributed by atoms with E-state index in [1.807, 2.05) is 0 Å². The molecular weight excluding hydrogens is 147 g/mol. The lowest BCUT2D eigenvalue weighted by Crippen LogP contribution is -2.68. The predicted molar refractivity (Wildman–Crippen MR) is 10.8 cm³/mol. The van der Waals surface area contributed by atoms with Crippen molar-refractivity contribution in [2.45, 2.75) is 0 Å². The van der Waals surface area contributed by atoms with Gasteiger partial charge in [0.2, 0.25) is 0 Å². The molecular formula is H6ClO7-. The Morgan fingerprint density at radius 2 is 0.625 bits per heavy atom. The standard InChI is InChI=1S/ClHO4.3H2O/c2-1(3,4)5;;;/h(H,2,3,4,5);3*1H2/p-1. The van der Waals surface area contributed by atoms with Crippen LogP contribution in [0.15, 0.2) is 0 Å². The second-order valence-corrected chi connectivity index (χ2v) is 1.13. The molecule has 0 aliphatic heterocycles. The molecule has 0 radical (unpaired) electrons. The molecule has 0 aromatic heterocycles. The summed E-state index contributed by atoms with van der Waals surface area (Å²) >= 11 is 0. The van der Waals surface area contributed by atoms with Crippen LogP contribution in [0.1, 0.15) is 0 Å². The SMILES string of the molecule is O.O.O.[O-][Cl+3]([O-])([O-])[O-]. The Morgan fingerprint density at radius 1 is 0.625 bits per heavy atom. The van der Waals surface area contributed by atoms with Crippen LogP contribution in [0.3, 0.4) is 0 Å². The van der Waals surface area contributed by atoms with E-state index in [9.17, 15) is 0 Å². The van der Waals surface area contributed by atoms with E-state index in [4.69, 9.17) is 18.6 Å². The Morgan fingerprint density at radius 3 is 0.625 bits per heavy atom. The van der Waals surface area contributed by atoms with Crippen molar-refractivity contribution in [1.29, 1.82) is 0 Å². The zero-order chi connectivity index (χ0) is 4.50. The molecule has 0 saturated heterocycles. The van der Waals surface area contributed by atoms with E-state index >= 15 is 0 Å². The first-order valence-corrected chi connectivity index (χ1v) is 1.85. The lowest BCUT2D eigenvalue weighted by molar-refractivity contribution is -2.00.